The molecule has 3 aromatic rings. The Labute approximate surface area is 131 Å². The largest absolute Gasteiger partial charge is 0.346 e. The highest BCUT2D eigenvalue weighted by molar-refractivity contribution is 9.11. The highest BCUT2D eigenvalue weighted by atomic mass is 79.9. The highest BCUT2D eigenvalue weighted by Gasteiger charge is 2.11. The molecule has 2 nitrogen and oxygen atoms in total. The maximum Gasteiger partial charge on any atom is 0.261 e. The normalized spacial score (nSPS) is 10.9. The van der Waals surface area contributed by atoms with E-state index in [1.807, 2.05) is 12.1 Å². The first kappa shape index (κ1) is 13.7. The summed E-state index contributed by atoms with van der Waals surface area (Å²) < 4.78 is 14.9. The van der Waals surface area contributed by atoms with Gasteiger partial charge in [-0.15, -0.1) is 22.7 Å². The Morgan fingerprint density at radius 1 is 1.20 bits per heavy atom. The van der Waals surface area contributed by atoms with Gasteiger partial charge in [0.1, 0.15) is 5.82 Å². The van der Waals surface area contributed by atoms with Crippen molar-refractivity contribution in [3.8, 4) is 0 Å². The summed E-state index contributed by atoms with van der Waals surface area (Å²) in [7, 11) is 0. The van der Waals surface area contributed by atoms with Crippen LogP contribution in [0.5, 0.6) is 0 Å². The molecule has 20 heavy (non-hydrogen) atoms. The molecule has 0 unspecified atom stereocenters. The fraction of sp³-hybridized carbons (Fsp3) is 0.0714. The Bertz CT molecular complexity index is 780. The first-order chi connectivity index (χ1) is 9.61. The number of hydrogen-bond acceptors (Lipinski definition) is 3. The number of hydrogen-bond donors (Lipinski definition) is 1. The summed E-state index contributed by atoms with van der Waals surface area (Å²) in [6, 6.07) is 10.3. The van der Waals surface area contributed by atoms with Crippen molar-refractivity contribution in [1.82, 2.24) is 5.32 Å². The van der Waals surface area contributed by atoms with E-state index < -0.39 is 0 Å². The number of carbonyl (C=O) groups excluding carboxylic acids is 1. The molecule has 0 saturated carbocycles. The topological polar surface area (TPSA) is 29.1 Å². The zero-order valence-corrected chi connectivity index (χ0v) is 13.4. The summed E-state index contributed by atoms with van der Waals surface area (Å²) in [5.74, 6) is -0.411. The molecule has 6 heteroatoms. The SMILES string of the molecule is O=C(NCc1ccc(Br)s1)c1cc2ccc(F)cc2s1. The van der Waals surface area contributed by atoms with E-state index in [1.165, 1.54) is 23.5 Å². The second-order valence-corrected chi connectivity index (χ2v) is 7.81. The third-order valence-electron chi connectivity index (χ3n) is 2.76. The van der Waals surface area contributed by atoms with Crippen molar-refractivity contribution in [3.63, 3.8) is 0 Å². The zero-order valence-electron chi connectivity index (χ0n) is 10.2. The maximum absolute atomic E-state index is 13.1. The minimum absolute atomic E-state index is 0.129. The maximum atomic E-state index is 13.1. The first-order valence-electron chi connectivity index (χ1n) is 5.83. The molecule has 1 amide bonds. The molecule has 0 atom stereocenters. The van der Waals surface area contributed by atoms with Crippen molar-refractivity contribution < 1.29 is 9.18 Å². The van der Waals surface area contributed by atoms with Crippen LogP contribution in [0.25, 0.3) is 10.1 Å². The lowest BCUT2D eigenvalue weighted by Crippen LogP contribution is -2.21. The molecule has 0 fully saturated rings. The van der Waals surface area contributed by atoms with Crippen LogP contribution >= 0.6 is 38.6 Å². The zero-order chi connectivity index (χ0) is 14.1. The van der Waals surface area contributed by atoms with Crippen LogP contribution in [-0.4, -0.2) is 5.91 Å². The summed E-state index contributed by atoms with van der Waals surface area (Å²) in [6.07, 6.45) is 0. The van der Waals surface area contributed by atoms with Gasteiger partial charge in [0.15, 0.2) is 0 Å². The van der Waals surface area contributed by atoms with E-state index in [0.717, 1.165) is 18.7 Å². The molecule has 0 radical (unpaired) electrons. The summed E-state index contributed by atoms with van der Waals surface area (Å²) in [5, 5.41) is 3.76. The molecule has 0 aliphatic rings. The van der Waals surface area contributed by atoms with E-state index in [4.69, 9.17) is 0 Å². The van der Waals surface area contributed by atoms with Crippen molar-refractivity contribution in [3.05, 3.63) is 55.8 Å². The third kappa shape index (κ3) is 2.92. The summed E-state index contributed by atoms with van der Waals surface area (Å²) in [4.78, 5) is 13.8. The van der Waals surface area contributed by atoms with Crippen LogP contribution in [0.15, 0.2) is 40.2 Å². The summed E-state index contributed by atoms with van der Waals surface area (Å²) in [5.41, 5.74) is 0. The van der Waals surface area contributed by atoms with Crippen molar-refractivity contribution in [2.45, 2.75) is 6.54 Å². The number of benzene rings is 1. The second kappa shape index (κ2) is 5.63. The van der Waals surface area contributed by atoms with Crippen molar-refractivity contribution >= 4 is 54.6 Å². The summed E-state index contributed by atoms with van der Waals surface area (Å²) >= 11 is 6.28. The average Bonchev–Trinajstić information content (AvgIpc) is 3.01. The average molecular weight is 370 g/mol. The molecule has 1 aromatic carbocycles. The van der Waals surface area contributed by atoms with Gasteiger partial charge in [-0.3, -0.25) is 4.79 Å². The Kier molecular flexibility index (Phi) is 3.87. The quantitative estimate of drug-likeness (QED) is 0.706. The number of fused-ring (bicyclic) bond motifs is 1. The van der Waals surface area contributed by atoms with Crippen LogP contribution in [0.3, 0.4) is 0 Å². The monoisotopic (exact) mass is 369 g/mol. The number of halogens is 2. The molecule has 102 valence electrons. The van der Waals surface area contributed by atoms with E-state index in [-0.39, 0.29) is 11.7 Å². The van der Waals surface area contributed by atoms with Crippen LogP contribution in [-0.2, 0) is 6.54 Å². The third-order valence-corrected chi connectivity index (χ3v) is 5.48. The first-order valence-corrected chi connectivity index (χ1v) is 8.26. The summed E-state index contributed by atoms with van der Waals surface area (Å²) in [6.45, 7) is 0.498. The molecular formula is C14H9BrFNOS2. The van der Waals surface area contributed by atoms with E-state index in [9.17, 15) is 9.18 Å². The van der Waals surface area contributed by atoms with Crippen LogP contribution in [0.4, 0.5) is 4.39 Å². The van der Waals surface area contributed by atoms with Gasteiger partial charge in [-0.2, -0.15) is 0 Å². The second-order valence-electron chi connectivity index (χ2n) is 4.18. The van der Waals surface area contributed by atoms with Crippen molar-refractivity contribution in [2.75, 3.05) is 0 Å². The van der Waals surface area contributed by atoms with Crippen molar-refractivity contribution in [1.29, 1.82) is 0 Å². The number of rotatable bonds is 3. The van der Waals surface area contributed by atoms with E-state index in [0.29, 0.717) is 11.4 Å². The van der Waals surface area contributed by atoms with E-state index >= 15 is 0 Å². The number of nitrogens with one attached hydrogen (secondary N) is 1. The van der Waals surface area contributed by atoms with Crippen LogP contribution in [0, 0.1) is 5.82 Å². The van der Waals surface area contributed by atoms with Gasteiger partial charge in [0, 0.05) is 9.58 Å². The van der Waals surface area contributed by atoms with Gasteiger partial charge in [0.2, 0.25) is 0 Å². The Morgan fingerprint density at radius 2 is 2.05 bits per heavy atom. The lowest BCUT2D eigenvalue weighted by molar-refractivity contribution is 0.0955. The molecule has 0 spiro atoms. The van der Waals surface area contributed by atoms with Crippen molar-refractivity contribution in [2.24, 2.45) is 0 Å². The minimum Gasteiger partial charge on any atom is -0.346 e. The van der Waals surface area contributed by atoms with E-state index in [1.54, 1.807) is 23.5 Å². The van der Waals surface area contributed by atoms with Crippen LogP contribution in [0.2, 0.25) is 0 Å². The Morgan fingerprint density at radius 3 is 2.80 bits per heavy atom. The molecule has 2 aromatic heterocycles. The highest BCUT2D eigenvalue weighted by Crippen LogP contribution is 2.26. The molecule has 0 aliphatic heterocycles. The molecule has 0 aliphatic carbocycles. The van der Waals surface area contributed by atoms with Gasteiger partial charge in [-0.1, -0.05) is 6.07 Å². The Hall–Kier alpha value is -1.24. The molecule has 1 N–H and O–H groups in total. The smallest absolute Gasteiger partial charge is 0.261 e. The predicted octanol–water partition coefficient (Wildman–Crippen LogP) is 4.79. The van der Waals surface area contributed by atoms with Gasteiger partial charge in [-0.05, 0) is 51.6 Å². The number of amides is 1. The molecule has 0 saturated heterocycles. The molecule has 2 heterocycles. The fourth-order valence-corrected chi connectivity index (χ4v) is 4.25. The fourth-order valence-electron chi connectivity index (χ4n) is 1.82. The van der Waals surface area contributed by atoms with Gasteiger partial charge < -0.3 is 5.32 Å². The molecule has 0 bridgehead atoms. The predicted molar refractivity (Wildman–Crippen MR) is 85.0 cm³/mol. The van der Waals surface area contributed by atoms with Crippen LogP contribution < -0.4 is 5.32 Å². The standard InChI is InChI=1S/C14H9BrFNOS2/c15-13-4-3-10(19-13)7-17-14(18)12-5-8-1-2-9(16)6-11(8)20-12/h1-6H,7H2,(H,17,18). The lowest BCUT2D eigenvalue weighted by Gasteiger charge is -2.00. The number of thiophene rings is 2. The van der Waals surface area contributed by atoms with Crippen LogP contribution in [0.1, 0.15) is 14.5 Å². The lowest BCUT2D eigenvalue weighted by atomic mass is 10.2. The Balaban J connectivity index is 1.75. The van der Waals surface area contributed by atoms with Gasteiger partial charge in [0.05, 0.1) is 15.2 Å². The van der Waals surface area contributed by atoms with E-state index in [2.05, 4.69) is 21.2 Å². The molecular weight excluding hydrogens is 361 g/mol. The minimum atomic E-state index is -0.283. The number of carbonyl (C=O) groups is 1. The van der Waals surface area contributed by atoms with Gasteiger partial charge >= 0.3 is 0 Å². The van der Waals surface area contributed by atoms with Gasteiger partial charge in [-0.25, -0.2) is 4.39 Å². The molecule has 3 rings (SSSR count). The van der Waals surface area contributed by atoms with Gasteiger partial charge in [0.25, 0.3) is 5.91 Å².